The Labute approximate surface area is 126 Å². The molecule has 21 heavy (non-hydrogen) atoms. The average Bonchev–Trinajstić information content (AvgIpc) is 2.48. The zero-order valence-corrected chi connectivity index (χ0v) is 13.3. The normalized spacial score (nSPS) is 16.0. The van der Waals surface area contributed by atoms with E-state index in [2.05, 4.69) is 10.2 Å². The van der Waals surface area contributed by atoms with Crippen LogP contribution in [0.3, 0.4) is 0 Å². The molecule has 1 aliphatic heterocycles. The van der Waals surface area contributed by atoms with Gasteiger partial charge in [-0.15, -0.1) is 0 Å². The number of carbonyl (C=O) groups is 1. The third-order valence-corrected chi connectivity index (χ3v) is 6.04. The molecule has 0 atom stereocenters. The summed E-state index contributed by atoms with van der Waals surface area (Å²) >= 11 is 0. The third kappa shape index (κ3) is 3.37. The van der Waals surface area contributed by atoms with Crippen molar-refractivity contribution in [3.05, 3.63) is 18.2 Å². The van der Waals surface area contributed by atoms with Crippen molar-refractivity contribution < 1.29 is 13.2 Å². The van der Waals surface area contributed by atoms with Crippen LogP contribution < -0.4 is 10.2 Å². The van der Waals surface area contributed by atoms with Crippen LogP contribution in [-0.4, -0.2) is 33.2 Å². The van der Waals surface area contributed by atoms with E-state index in [1.54, 1.807) is 26.0 Å². The van der Waals surface area contributed by atoms with Gasteiger partial charge in [-0.2, -0.15) is 0 Å². The molecule has 1 aromatic rings. The van der Waals surface area contributed by atoms with Gasteiger partial charge in [-0.25, -0.2) is 8.42 Å². The number of anilines is 2. The maximum Gasteiger partial charge on any atom is 0.211 e. The molecule has 1 amide bonds. The fourth-order valence-corrected chi connectivity index (χ4v) is 3.74. The number of hydrogen-bond acceptors (Lipinski definition) is 4. The first-order valence-corrected chi connectivity index (χ1v) is 8.84. The highest BCUT2D eigenvalue weighted by Crippen LogP contribution is 2.30. The maximum atomic E-state index is 12.3. The van der Waals surface area contributed by atoms with Crippen LogP contribution in [0, 0.1) is 0 Å². The number of rotatable bonds is 5. The first kappa shape index (κ1) is 15.8. The largest absolute Gasteiger partial charge is 0.371 e. The molecule has 1 heterocycles. The average molecular weight is 310 g/mol. The molecule has 1 fully saturated rings. The van der Waals surface area contributed by atoms with E-state index in [1.165, 1.54) is 6.42 Å². The van der Waals surface area contributed by atoms with Crippen molar-refractivity contribution in [2.45, 2.75) is 43.3 Å². The SMILES string of the molecule is CC(C)S(=O)(=O)c1ccc(N2CCCCC2)cc1NC=O. The van der Waals surface area contributed by atoms with Crippen molar-refractivity contribution >= 4 is 27.6 Å². The first-order chi connectivity index (χ1) is 9.96. The van der Waals surface area contributed by atoms with Gasteiger partial charge in [0, 0.05) is 18.8 Å². The van der Waals surface area contributed by atoms with E-state index in [4.69, 9.17) is 0 Å². The summed E-state index contributed by atoms with van der Waals surface area (Å²) in [6.07, 6.45) is 4.04. The molecule has 116 valence electrons. The summed E-state index contributed by atoms with van der Waals surface area (Å²) in [6, 6.07) is 5.19. The molecule has 0 radical (unpaired) electrons. The maximum absolute atomic E-state index is 12.3. The second-order valence-corrected chi connectivity index (χ2v) is 8.06. The van der Waals surface area contributed by atoms with Crippen LogP contribution in [0.2, 0.25) is 0 Å². The highest BCUT2D eigenvalue weighted by atomic mass is 32.2. The summed E-state index contributed by atoms with van der Waals surface area (Å²) in [5.74, 6) is 0. The Hall–Kier alpha value is -1.56. The van der Waals surface area contributed by atoms with Crippen LogP contribution in [0.4, 0.5) is 11.4 Å². The van der Waals surface area contributed by atoms with E-state index in [9.17, 15) is 13.2 Å². The number of nitrogens with one attached hydrogen (secondary N) is 1. The van der Waals surface area contributed by atoms with Gasteiger partial charge in [0.05, 0.1) is 15.8 Å². The summed E-state index contributed by atoms with van der Waals surface area (Å²) in [4.78, 5) is 13.2. The fourth-order valence-electron chi connectivity index (χ4n) is 2.55. The summed E-state index contributed by atoms with van der Waals surface area (Å²) in [6.45, 7) is 5.21. The topological polar surface area (TPSA) is 66.5 Å². The molecule has 0 spiro atoms. The fraction of sp³-hybridized carbons (Fsp3) is 0.533. The zero-order chi connectivity index (χ0) is 15.5. The van der Waals surface area contributed by atoms with Crippen LogP contribution in [-0.2, 0) is 14.6 Å². The molecular formula is C15H22N2O3S. The van der Waals surface area contributed by atoms with E-state index in [1.807, 2.05) is 6.07 Å². The van der Waals surface area contributed by atoms with Gasteiger partial charge in [-0.3, -0.25) is 4.79 Å². The second kappa shape index (κ2) is 6.47. The van der Waals surface area contributed by atoms with E-state index in [-0.39, 0.29) is 4.90 Å². The van der Waals surface area contributed by atoms with Crippen LogP contribution in [0.25, 0.3) is 0 Å². The van der Waals surface area contributed by atoms with E-state index >= 15 is 0 Å². The predicted octanol–water partition coefficient (Wildman–Crippen LogP) is 2.43. The minimum absolute atomic E-state index is 0.186. The van der Waals surface area contributed by atoms with Gasteiger partial charge in [0.25, 0.3) is 0 Å². The van der Waals surface area contributed by atoms with Gasteiger partial charge in [0.2, 0.25) is 6.41 Å². The Morgan fingerprint density at radius 3 is 2.43 bits per heavy atom. The van der Waals surface area contributed by atoms with Gasteiger partial charge < -0.3 is 10.2 Å². The van der Waals surface area contributed by atoms with Crippen LogP contribution in [0.1, 0.15) is 33.1 Å². The molecule has 0 saturated carbocycles. The Morgan fingerprint density at radius 2 is 1.86 bits per heavy atom. The highest BCUT2D eigenvalue weighted by Gasteiger charge is 2.23. The summed E-state index contributed by atoms with van der Waals surface area (Å²) in [7, 11) is -3.42. The van der Waals surface area contributed by atoms with Crippen molar-refractivity contribution in [2.75, 3.05) is 23.3 Å². The Kier molecular flexibility index (Phi) is 4.88. The molecule has 0 aromatic heterocycles. The number of nitrogens with zero attached hydrogens (tertiary/aromatic N) is 1. The molecule has 2 rings (SSSR count). The number of amides is 1. The summed E-state index contributed by atoms with van der Waals surface area (Å²) in [5, 5.41) is 2.01. The Balaban J connectivity index is 2.41. The van der Waals surface area contributed by atoms with Crippen LogP contribution in [0.5, 0.6) is 0 Å². The number of sulfone groups is 1. The minimum Gasteiger partial charge on any atom is -0.371 e. The predicted molar refractivity (Wildman–Crippen MR) is 84.5 cm³/mol. The van der Waals surface area contributed by atoms with Gasteiger partial charge in [-0.1, -0.05) is 0 Å². The number of hydrogen-bond donors (Lipinski definition) is 1. The molecule has 0 unspecified atom stereocenters. The van der Waals surface area contributed by atoms with Gasteiger partial charge >= 0.3 is 0 Å². The van der Waals surface area contributed by atoms with Crippen molar-refractivity contribution in [3.8, 4) is 0 Å². The molecule has 5 nitrogen and oxygen atoms in total. The lowest BCUT2D eigenvalue weighted by Gasteiger charge is -2.29. The second-order valence-electron chi connectivity index (χ2n) is 5.58. The molecule has 0 bridgehead atoms. The lowest BCUT2D eigenvalue weighted by atomic mass is 10.1. The van der Waals surface area contributed by atoms with Gasteiger partial charge in [-0.05, 0) is 51.3 Å². The lowest BCUT2D eigenvalue weighted by Crippen LogP contribution is -2.29. The van der Waals surface area contributed by atoms with Gasteiger partial charge in [0.1, 0.15) is 0 Å². The van der Waals surface area contributed by atoms with Crippen molar-refractivity contribution in [3.63, 3.8) is 0 Å². The lowest BCUT2D eigenvalue weighted by molar-refractivity contribution is -0.105. The van der Waals surface area contributed by atoms with E-state index in [0.717, 1.165) is 31.6 Å². The molecule has 1 N–H and O–H groups in total. The summed E-state index contributed by atoms with van der Waals surface area (Å²) < 4.78 is 24.7. The van der Waals surface area contributed by atoms with Gasteiger partial charge in [0.15, 0.2) is 9.84 Å². The van der Waals surface area contributed by atoms with Crippen molar-refractivity contribution in [1.29, 1.82) is 0 Å². The number of piperidine rings is 1. The number of benzene rings is 1. The minimum atomic E-state index is -3.42. The molecule has 1 aliphatic rings. The Morgan fingerprint density at radius 1 is 1.19 bits per heavy atom. The molecule has 1 saturated heterocycles. The van der Waals surface area contributed by atoms with Crippen LogP contribution in [0.15, 0.2) is 23.1 Å². The van der Waals surface area contributed by atoms with E-state index < -0.39 is 15.1 Å². The summed E-state index contributed by atoms with van der Waals surface area (Å²) in [5.41, 5.74) is 1.32. The monoisotopic (exact) mass is 310 g/mol. The van der Waals surface area contributed by atoms with Crippen molar-refractivity contribution in [2.24, 2.45) is 0 Å². The smallest absolute Gasteiger partial charge is 0.211 e. The third-order valence-electron chi connectivity index (χ3n) is 3.83. The van der Waals surface area contributed by atoms with E-state index in [0.29, 0.717) is 12.1 Å². The quantitative estimate of drug-likeness (QED) is 0.848. The molecule has 1 aromatic carbocycles. The molecular weight excluding hydrogens is 288 g/mol. The Bertz CT molecular complexity index is 605. The standard InChI is InChI=1S/C15H22N2O3S/c1-12(2)21(19,20)15-7-6-13(10-14(15)16-11-18)17-8-4-3-5-9-17/h6-7,10-12H,3-5,8-9H2,1-2H3,(H,16,18). The molecule has 0 aliphatic carbocycles. The number of carbonyl (C=O) groups excluding carboxylic acids is 1. The van der Waals surface area contributed by atoms with Crippen molar-refractivity contribution in [1.82, 2.24) is 0 Å². The van der Waals surface area contributed by atoms with Crippen LogP contribution >= 0.6 is 0 Å². The highest BCUT2D eigenvalue weighted by molar-refractivity contribution is 7.92. The molecule has 6 heteroatoms. The first-order valence-electron chi connectivity index (χ1n) is 7.30. The zero-order valence-electron chi connectivity index (χ0n) is 12.5.